The molecule has 2 aromatic heterocycles. The van der Waals surface area contributed by atoms with Gasteiger partial charge in [-0.1, -0.05) is 42.5 Å². The quantitative estimate of drug-likeness (QED) is 0.303. The van der Waals surface area contributed by atoms with Gasteiger partial charge >= 0.3 is 6.03 Å². The number of likely N-dealkylation sites (tertiary alicyclic amines) is 1. The largest absolute Gasteiger partial charge is 0.359 e. The maximum Gasteiger partial charge on any atom is 0.315 e. The van der Waals surface area contributed by atoms with Crippen LogP contribution in [0.3, 0.4) is 0 Å². The average Bonchev–Trinajstić information content (AvgIpc) is 3.36. The predicted octanol–water partition coefficient (Wildman–Crippen LogP) is 4.80. The Bertz CT molecular complexity index is 1170. The molecule has 1 aromatic carbocycles. The molecule has 9 nitrogen and oxygen atoms in total. The monoisotopic (exact) mass is 522 g/mol. The van der Waals surface area contributed by atoms with E-state index in [1.165, 1.54) is 0 Å². The molecule has 0 atom stereocenters. The number of thiazole rings is 1. The van der Waals surface area contributed by atoms with E-state index in [2.05, 4.69) is 51.9 Å². The van der Waals surface area contributed by atoms with Gasteiger partial charge in [-0.3, -0.25) is 0 Å². The van der Waals surface area contributed by atoms with E-state index in [9.17, 15) is 4.79 Å². The van der Waals surface area contributed by atoms with Crippen LogP contribution in [-0.2, 0) is 6.54 Å². The molecular formula is C27H38N8OS. The van der Waals surface area contributed by atoms with Crippen molar-refractivity contribution >= 4 is 28.4 Å². The minimum absolute atomic E-state index is 0.184. The van der Waals surface area contributed by atoms with Crippen LogP contribution < -0.4 is 21.3 Å². The van der Waals surface area contributed by atoms with Gasteiger partial charge in [-0.15, -0.1) is 0 Å². The molecule has 0 bridgehead atoms. The number of aromatic nitrogens is 3. The predicted molar refractivity (Wildman–Crippen MR) is 152 cm³/mol. The molecule has 4 rings (SSSR count). The molecule has 3 heterocycles. The molecular weight excluding hydrogens is 484 g/mol. The lowest BCUT2D eigenvalue weighted by Crippen LogP contribution is -2.39. The molecule has 1 aliphatic rings. The summed E-state index contributed by atoms with van der Waals surface area (Å²) in [5.41, 5.74) is 3.61. The first-order valence-electron chi connectivity index (χ1n) is 13.2. The lowest BCUT2D eigenvalue weighted by molar-refractivity contribution is 0.229. The maximum absolute atomic E-state index is 12.0. The lowest BCUT2D eigenvalue weighted by atomic mass is 10.0. The Morgan fingerprint density at radius 3 is 2.59 bits per heavy atom. The van der Waals surface area contributed by atoms with Crippen molar-refractivity contribution in [3.63, 3.8) is 0 Å². The fraction of sp³-hybridized carbons (Fsp3) is 0.481. The molecule has 1 aliphatic heterocycles. The van der Waals surface area contributed by atoms with Crippen molar-refractivity contribution < 1.29 is 4.79 Å². The van der Waals surface area contributed by atoms with Crippen LogP contribution >= 0.6 is 11.3 Å². The van der Waals surface area contributed by atoms with E-state index in [1.54, 1.807) is 11.3 Å². The van der Waals surface area contributed by atoms with E-state index in [1.807, 2.05) is 43.5 Å². The van der Waals surface area contributed by atoms with Gasteiger partial charge in [0.05, 0.1) is 16.3 Å². The Kier molecular flexibility index (Phi) is 9.29. The van der Waals surface area contributed by atoms with Crippen molar-refractivity contribution in [2.24, 2.45) is 0 Å². The maximum atomic E-state index is 12.0. The van der Waals surface area contributed by atoms with Gasteiger partial charge in [0.2, 0.25) is 5.95 Å². The van der Waals surface area contributed by atoms with Crippen molar-refractivity contribution in [3.8, 4) is 21.8 Å². The van der Waals surface area contributed by atoms with E-state index in [0.29, 0.717) is 31.1 Å². The van der Waals surface area contributed by atoms with Crippen molar-refractivity contribution in [2.45, 2.75) is 59.2 Å². The third kappa shape index (κ3) is 7.39. The zero-order valence-electron chi connectivity index (χ0n) is 22.2. The molecule has 37 heavy (non-hydrogen) atoms. The standard InChI is InChI=1S/C27H38N8OS/c1-5-28-26(36)29-16-19-9-7-8-10-21(19)22-15-23(24-17-30-27(37-24)31-18(3)4)34-25(33-22)32-20-11-13-35(6-2)14-12-20/h7-10,15,17-18,20H,5-6,11-14,16H2,1-4H3,(H,30,31)(H2,28,29,36)(H,32,33,34). The van der Waals surface area contributed by atoms with Gasteiger partial charge in [-0.2, -0.15) is 0 Å². The van der Waals surface area contributed by atoms with Crippen molar-refractivity contribution in [3.05, 3.63) is 42.1 Å². The zero-order chi connectivity index (χ0) is 26.2. The van der Waals surface area contributed by atoms with Gasteiger partial charge in [0.25, 0.3) is 0 Å². The van der Waals surface area contributed by atoms with Crippen LogP contribution in [0.4, 0.5) is 15.9 Å². The second kappa shape index (κ2) is 12.8. The summed E-state index contributed by atoms with van der Waals surface area (Å²) in [4.78, 5) is 29.9. The van der Waals surface area contributed by atoms with Crippen LogP contribution in [0.2, 0.25) is 0 Å². The highest BCUT2D eigenvalue weighted by molar-refractivity contribution is 7.18. The number of hydrogen-bond acceptors (Lipinski definition) is 8. The minimum Gasteiger partial charge on any atom is -0.359 e. The third-order valence-electron chi connectivity index (χ3n) is 6.33. The highest BCUT2D eigenvalue weighted by Gasteiger charge is 2.20. The molecule has 0 radical (unpaired) electrons. The molecule has 1 fully saturated rings. The van der Waals surface area contributed by atoms with E-state index in [-0.39, 0.29) is 6.03 Å². The second-order valence-electron chi connectivity index (χ2n) is 9.51. The summed E-state index contributed by atoms with van der Waals surface area (Å²) in [6.45, 7) is 12.5. The van der Waals surface area contributed by atoms with Gasteiger partial charge in [-0.25, -0.2) is 19.7 Å². The Labute approximate surface area is 223 Å². The molecule has 4 N–H and O–H groups in total. The van der Waals surface area contributed by atoms with Crippen LogP contribution in [0, 0.1) is 0 Å². The van der Waals surface area contributed by atoms with E-state index < -0.39 is 0 Å². The second-order valence-corrected chi connectivity index (χ2v) is 10.5. The summed E-state index contributed by atoms with van der Waals surface area (Å²) in [7, 11) is 0. The molecule has 1 saturated heterocycles. The summed E-state index contributed by atoms with van der Waals surface area (Å²) < 4.78 is 0. The topological polar surface area (TPSA) is 107 Å². The number of anilines is 2. The molecule has 0 unspecified atom stereocenters. The van der Waals surface area contributed by atoms with E-state index in [0.717, 1.165) is 65.0 Å². The number of hydrogen-bond donors (Lipinski definition) is 4. The summed E-state index contributed by atoms with van der Waals surface area (Å²) in [5, 5.41) is 13.6. The van der Waals surface area contributed by atoms with Gasteiger partial charge in [0, 0.05) is 50.0 Å². The Morgan fingerprint density at radius 1 is 1.11 bits per heavy atom. The van der Waals surface area contributed by atoms with E-state index in [4.69, 9.17) is 9.97 Å². The molecule has 10 heteroatoms. The number of benzene rings is 1. The summed E-state index contributed by atoms with van der Waals surface area (Å²) in [6.07, 6.45) is 3.99. The number of urea groups is 1. The number of nitrogens with one attached hydrogen (secondary N) is 4. The van der Waals surface area contributed by atoms with Crippen LogP contribution in [0.1, 0.15) is 46.1 Å². The van der Waals surface area contributed by atoms with Gasteiger partial charge in [-0.05, 0) is 51.8 Å². The number of carbonyl (C=O) groups excluding carboxylic acids is 1. The number of nitrogens with zero attached hydrogens (tertiary/aromatic N) is 4. The van der Waals surface area contributed by atoms with Crippen molar-refractivity contribution in [1.29, 1.82) is 0 Å². The third-order valence-corrected chi connectivity index (χ3v) is 7.29. The van der Waals surface area contributed by atoms with E-state index >= 15 is 0 Å². The SMILES string of the molecule is CCNC(=O)NCc1ccccc1-c1cc(-c2cnc(NC(C)C)s2)nc(NC2CCN(CC)CC2)n1. The normalized spacial score (nSPS) is 14.5. The minimum atomic E-state index is -0.184. The fourth-order valence-electron chi connectivity index (χ4n) is 4.38. The first kappa shape index (κ1) is 26.8. The smallest absolute Gasteiger partial charge is 0.315 e. The number of rotatable bonds is 10. The van der Waals surface area contributed by atoms with Crippen LogP contribution in [0.5, 0.6) is 0 Å². The van der Waals surface area contributed by atoms with Crippen LogP contribution in [-0.4, -0.2) is 64.1 Å². The summed E-state index contributed by atoms with van der Waals surface area (Å²) >= 11 is 1.59. The molecule has 0 spiro atoms. The lowest BCUT2D eigenvalue weighted by Gasteiger charge is -2.31. The van der Waals surface area contributed by atoms with Gasteiger partial charge in [0.15, 0.2) is 5.13 Å². The molecule has 198 valence electrons. The number of amides is 2. The number of piperidine rings is 1. The number of carbonyl (C=O) groups is 1. The molecule has 3 aromatic rings. The Morgan fingerprint density at radius 2 is 1.86 bits per heavy atom. The van der Waals surface area contributed by atoms with Crippen molar-refractivity contribution in [2.75, 3.05) is 36.8 Å². The highest BCUT2D eigenvalue weighted by atomic mass is 32.1. The summed E-state index contributed by atoms with van der Waals surface area (Å²) in [5.74, 6) is 0.626. The average molecular weight is 523 g/mol. The summed E-state index contributed by atoms with van der Waals surface area (Å²) in [6, 6.07) is 10.5. The van der Waals surface area contributed by atoms with Gasteiger partial charge in [0.1, 0.15) is 0 Å². The Balaban J connectivity index is 1.66. The zero-order valence-corrected chi connectivity index (χ0v) is 23.0. The first-order chi connectivity index (χ1) is 17.9. The Hall–Kier alpha value is -3.24. The molecule has 0 aliphatic carbocycles. The van der Waals surface area contributed by atoms with Crippen LogP contribution in [0.25, 0.3) is 21.8 Å². The fourth-order valence-corrected chi connectivity index (χ4v) is 5.30. The first-order valence-corrected chi connectivity index (χ1v) is 14.0. The highest BCUT2D eigenvalue weighted by Crippen LogP contribution is 2.32. The van der Waals surface area contributed by atoms with Gasteiger partial charge < -0.3 is 26.2 Å². The molecule has 0 saturated carbocycles. The van der Waals surface area contributed by atoms with Crippen LogP contribution in [0.15, 0.2) is 36.5 Å². The molecule has 2 amide bonds. The van der Waals surface area contributed by atoms with Crippen molar-refractivity contribution in [1.82, 2.24) is 30.5 Å².